The summed E-state index contributed by atoms with van der Waals surface area (Å²) < 4.78 is 1.61. The van der Waals surface area contributed by atoms with E-state index in [0.717, 1.165) is 5.69 Å². The molecule has 1 atom stereocenters. The monoisotopic (exact) mass is 279 g/mol. The van der Waals surface area contributed by atoms with Gasteiger partial charge >= 0.3 is 0 Å². The standard InChI is InChI=1S/C13H14ClN3O2/c1-8-5-6-15-17(8)9(2)13(19)16-11-7-10(14)3-4-12(11)18/h3-7,9,18H,1-2H3,(H,16,19). The van der Waals surface area contributed by atoms with Gasteiger partial charge < -0.3 is 10.4 Å². The lowest BCUT2D eigenvalue weighted by Crippen LogP contribution is -2.25. The Labute approximate surface area is 115 Å². The summed E-state index contributed by atoms with van der Waals surface area (Å²) in [5.74, 6) is -0.300. The van der Waals surface area contributed by atoms with Crippen LogP contribution in [0.4, 0.5) is 5.69 Å². The van der Waals surface area contributed by atoms with Gasteiger partial charge in [0.05, 0.1) is 5.69 Å². The maximum Gasteiger partial charge on any atom is 0.249 e. The smallest absolute Gasteiger partial charge is 0.249 e. The SMILES string of the molecule is Cc1ccnn1C(C)C(=O)Nc1cc(Cl)ccc1O. The van der Waals surface area contributed by atoms with E-state index >= 15 is 0 Å². The number of amides is 1. The number of halogens is 1. The predicted molar refractivity (Wildman–Crippen MR) is 73.4 cm³/mol. The summed E-state index contributed by atoms with van der Waals surface area (Å²) in [7, 11) is 0. The van der Waals surface area contributed by atoms with Crippen molar-refractivity contribution in [3.63, 3.8) is 0 Å². The molecular weight excluding hydrogens is 266 g/mol. The zero-order valence-electron chi connectivity index (χ0n) is 10.6. The number of benzene rings is 1. The average molecular weight is 280 g/mol. The molecule has 2 rings (SSSR count). The second-order valence-electron chi connectivity index (χ2n) is 4.24. The van der Waals surface area contributed by atoms with E-state index < -0.39 is 6.04 Å². The normalized spacial score (nSPS) is 12.2. The fraction of sp³-hybridized carbons (Fsp3) is 0.231. The van der Waals surface area contributed by atoms with Crippen LogP contribution in [-0.2, 0) is 4.79 Å². The van der Waals surface area contributed by atoms with E-state index in [1.165, 1.54) is 12.1 Å². The zero-order valence-corrected chi connectivity index (χ0v) is 11.3. The van der Waals surface area contributed by atoms with Gasteiger partial charge in [-0.1, -0.05) is 11.6 Å². The molecule has 0 aliphatic heterocycles. The molecule has 1 unspecified atom stereocenters. The topological polar surface area (TPSA) is 67.2 Å². The van der Waals surface area contributed by atoms with Crippen molar-refractivity contribution < 1.29 is 9.90 Å². The fourth-order valence-corrected chi connectivity index (χ4v) is 1.91. The minimum Gasteiger partial charge on any atom is -0.506 e. The Kier molecular flexibility index (Phi) is 3.76. The molecule has 0 aliphatic carbocycles. The zero-order chi connectivity index (χ0) is 14.0. The summed E-state index contributed by atoms with van der Waals surface area (Å²) >= 11 is 5.82. The van der Waals surface area contributed by atoms with Gasteiger partial charge in [0, 0.05) is 16.9 Å². The number of hydrogen-bond donors (Lipinski definition) is 2. The molecule has 2 N–H and O–H groups in total. The Morgan fingerprint density at radius 1 is 1.47 bits per heavy atom. The minimum absolute atomic E-state index is 0.0258. The Morgan fingerprint density at radius 2 is 2.21 bits per heavy atom. The van der Waals surface area contributed by atoms with Crippen LogP contribution in [-0.4, -0.2) is 20.8 Å². The van der Waals surface area contributed by atoms with Gasteiger partial charge in [0.2, 0.25) is 5.91 Å². The molecule has 0 saturated heterocycles. The third-order valence-corrected chi connectivity index (χ3v) is 3.07. The number of phenols is 1. The first-order valence-corrected chi connectivity index (χ1v) is 6.16. The Balaban J connectivity index is 2.17. The molecule has 0 bridgehead atoms. The fourth-order valence-electron chi connectivity index (χ4n) is 1.74. The molecule has 0 aliphatic rings. The third-order valence-electron chi connectivity index (χ3n) is 2.83. The number of hydrogen-bond acceptors (Lipinski definition) is 3. The van der Waals surface area contributed by atoms with Gasteiger partial charge in [-0.05, 0) is 38.1 Å². The molecule has 100 valence electrons. The molecular formula is C13H14ClN3O2. The van der Waals surface area contributed by atoms with Crippen LogP contribution in [0.1, 0.15) is 18.7 Å². The quantitative estimate of drug-likeness (QED) is 0.849. The highest BCUT2D eigenvalue weighted by Gasteiger charge is 2.18. The predicted octanol–water partition coefficient (Wildman–Crippen LogP) is 2.75. The van der Waals surface area contributed by atoms with Crippen LogP contribution in [0.25, 0.3) is 0 Å². The number of carbonyl (C=O) groups is 1. The largest absolute Gasteiger partial charge is 0.506 e. The first kappa shape index (κ1) is 13.4. The lowest BCUT2D eigenvalue weighted by molar-refractivity contribution is -0.119. The van der Waals surface area contributed by atoms with Gasteiger partial charge in [-0.2, -0.15) is 5.10 Å². The van der Waals surface area contributed by atoms with Gasteiger partial charge in [-0.15, -0.1) is 0 Å². The van der Waals surface area contributed by atoms with E-state index in [1.54, 1.807) is 23.9 Å². The van der Waals surface area contributed by atoms with Gasteiger partial charge in [-0.3, -0.25) is 9.48 Å². The van der Waals surface area contributed by atoms with Gasteiger partial charge in [0.1, 0.15) is 11.8 Å². The lowest BCUT2D eigenvalue weighted by atomic mass is 10.2. The van der Waals surface area contributed by atoms with Crippen molar-refractivity contribution in [2.75, 3.05) is 5.32 Å². The highest BCUT2D eigenvalue weighted by atomic mass is 35.5. The third kappa shape index (κ3) is 2.88. The average Bonchev–Trinajstić information content (AvgIpc) is 2.79. The summed E-state index contributed by atoms with van der Waals surface area (Å²) in [4.78, 5) is 12.1. The molecule has 6 heteroatoms. The second-order valence-corrected chi connectivity index (χ2v) is 4.68. The first-order chi connectivity index (χ1) is 8.99. The second kappa shape index (κ2) is 5.32. The minimum atomic E-state index is -0.478. The van der Waals surface area contributed by atoms with Crippen LogP contribution in [0, 0.1) is 6.92 Å². The molecule has 19 heavy (non-hydrogen) atoms. The molecule has 0 radical (unpaired) electrons. The van der Waals surface area contributed by atoms with E-state index in [-0.39, 0.29) is 17.3 Å². The van der Waals surface area contributed by atoms with Crippen LogP contribution in [0.2, 0.25) is 5.02 Å². The molecule has 1 aromatic heterocycles. The lowest BCUT2D eigenvalue weighted by Gasteiger charge is -2.15. The summed E-state index contributed by atoms with van der Waals surface area (Å²) in [5.41, 5.74) is 1.17. The number of carbonyl (C=O) groups excluding carboxylic acids is 1. The summed E-state index contributed by atoms with van der Waals surface area (Å²) in [6, 6.07) is 5.82. The van der Waals surface area contributed by atoms with Crippen LogP contribution < -0.4 is 5.32 Å². The van der Waals surface area contributed by atoms with Crippen LogP contribution in [0.5, 0.6) is 5.75 Å². The molecule has 5 nitrogen and oxygen atoms in total. The molecule has 1 heterocycles. The number of aryl methyl sites for hydroxylation is 1. The van der Waals surface area contributed by atoms with E-state index in [1.807, 2.05) is 13.0 Å². The van der Waals surface area contributed by atoms with Crippen molar-refractivity contribution >= 4 is 23.2 Å². The van der Waals surface area contributed by atoms with Gasteiger partial charge in [0.15, 0.2) is 0 Å². The summed E-state index contributed by atoms with van der Waals surface area (Å²) in [5, 5.41) is 16.8. The number of aromatic hydroxyl groups is 1. The molecule has 0 spiro atoms. The maximum absolute atomic E-state index is 12.1. The van der Waals surface area contributed by atoms with Crippen molar-refractivity contribution in [1.82, 2.24) is 9.78 Å². The van der Waals surface area contributed by atoms with Crippen LogP contribution >= 0.6 is 11.6 Å². The van der Waals surface area contributed by atoms with Gasteiger partial charge in [-0.25, -0.2) is 0 Å². The molecule has 1 amide bonds. The van der Waals surface area contributed by atoms with Crippen molar-refractivity contribution in [2.45, 2.75) is 19.9 Å². The number of rotatable bonds is 3. The highest BCUT2D eigenvalue weighted by molar-refractivity contribution is 6.31. The molecule has 1 aromatic carbocycles. The first-order valence-electron chi connectivity index (χ1n) is 5.78. The number of nitrogens with one attached hydrogen (secondary N) is 1. The summed E-state index contributed by atoms with van der Waals surface area (Å²) in [6.45, 7) is 3.60. The van der Waals surface area contributed by atoms with E-state index in [9.17, 15) is 9.90 Å². The number of anilines is 1. The van der Waals surface area contributed by atoms with Gasteiger partial charge in [0.25, 0.3) is 0 Å². The Bertz CT molecular complexity index is 610. The Hall–Kier alpha value is -2.01. The molecule has 0 saturated carbocycles. The van der Waals surface area contributed by atoms with E-state index in [4.69, 9.17) is 11.6 Å². The number of nitrogens with zero attached hydrogens (tertiary/aromatic N) is 2. The number of phenolic OH excluding ortho intramolecular Hbond substituents is 1. The van der Waals surface area contributed by atoms with Crippen LogP contribution in [0.3, 0.4) is 0 Å². The van der Waals surface area contributed by atoms with E-state index in [0.29, 0.717) is 5.02 Å². The van der Waals surface area contributed by atoms with E-state index in [2.05, 4.69) is 10.4 Å². The maximum atomic E-state index is 12.1. The summed E-state index contributed by atoms with van der Waals surface area (Å²) in [6.07, 6.45) is 1.63. The van der Waals surface area contributed by atoms with Crippen LogP contribution in [0.15, 0.2) is 30.5 Å². The van der Waals surface area contributed by atoms with Crippen molar-refractivity contribution in [1.29, 1.82) is 0 Å². The Morgan fingerprint density at radius 3 is 2.84 bits per heavy atom. The van der Waals surface area contributed by atoms with Crippen molar-refractivity contribution in [2.24, 2.45) is 0 Å². The molecule has 2 aromatic rings. The van der Waals surface area contributed by atoms with Crippen molar-refractivity contribution in [3.05, 3.63) is 41.2 Å². The highest BCUT2D eigenvalue weighted by Crippen LogP contribution is 2.27. The number of aromatic nitrogens is 2. The van der Waals surface area contributed by atoms with Crippen molar-refractivity contribution in [3.8, 4) is 5.75 Å². The molecule has 0 fully saturated rings.